The van der Waals surface area contributed by atoms with Gasteiger partial charge in [-0.2, -0.15) is 8.78 Å². The van der Waals surface area contributed by atoms with E-state index in [1.54, 1.807) is 0 Å². The normalized spacial score (nSPS) is 12.0. The van der Waals surface area contributed by atoms with Crippen LogP contribution in [0, 0.1) is 6.92 Å². The van der Waals surface area contributed by atoms with E-state index in [0.29, 0.717) is 0 Å². The smallest absolute Gasteiger partial charge is 0.272 e. The zero-order valence-corrected chi connectivity index (χ0v) is 2.54. The van der Waals surface area contributed by atoms with Gasteiger partial charge in [-0.1, -0.05) is 0 Å². The van der Waals surface area contributed by atoms with Gasteiger partial charge >= 0.3 is 0 Å². The molecule has 0 saturated heterocycles. The van der Waals surface area contributed by atoms with Crippen LogP contribution in [0.5, 0.6) is 0 Å². The van der Waals surface area contributed by atoms with E-state index in [2.05, 4.69) is 12.7 Å². The zero-order valence-electron chi connectivity index (χ0n) is 2.54. The molecule has 31 valence electrons. The molecular weight excluding hydrogens is 76.0 g/mol. The van der Waals surface area contributed by atoms with Gasteiger partial charge in [0.1, 0.15) is 0 Å². The summed E-state index contributed by atoms with van der Waals surface area (Å²) in [5.41, 5.74) is 3.91. The van der Waals surface area contributed by atoms with E-state index in [-0.39, 0.29) is 0 Å². The summed E-state index contributed by atoms with van der Waals surface area (Å²) >= 11 is 0. The van der Waals surface area contributed by atoms with Crippen molar-refractivity contribution in [3.63, 3.8) is 0 Å². The van der Waals surface area contributed by atoms with Crippen LogP contribution in [0.15, 0.2) is 0 Å². The van der Waals surface area contributed by atoms with E-state index < -0.39 is 6.05 Å². The SMILES string of the molecule is [CH2]C(N)(F)F. The molecule has 0 aromatic carbocycles. The Morgan fingerprint density at radius 2 is 1.60 bits per heavy atom. The lowest BCUT2D eigenvalue weighted by Gasteiger charge is -1.94. The summed E-state index contributed by atoms with van der Waals surface area (Å²) in [4.78, 5) is 0. The maximum Gasteiger partial charge on any atom is 0.300 e. The lowest BCUT2D eigenvalue weighted by atomic mass is 10.7. The van der Waals surface area contributed by atoms with E-state index >= 15 is 0 Å². The minimum atomic E-state index is -3.25. The Labute approximate surface area is 28.8 Å². The van der Waals surface area contributed by atoms with E-state index in [4.69, 9.17) is 0 Å². The Bertz CT molecular complexity index is 23.1. The first-order chi connectivity index (χ1) is 2.00. The molecule has 0 bridgehead atoms. The van der Waals surface area contributed by atoms with Gasteiger partial charge in [0.2, 0.25) is 0 Å². The molecule has 0 aliphatic carbocycles. The van der Waals surface area contributed by atoms with E-state index in [0.717, 1.165) is 0 Å². The number of alkyl halides is 2. The van der Waals surface area contributed by atoms with Crippen LogP contribution in [0.4, 0.5) is 8.78 Å². The van der Waals surface area contributed by atoms with Crippen LogP contribution in [-0.4, -0.2) is 6.05 Å². The van der Waals surface area contributed by atoms with Crippen molar-refractivity contribution in [3.05, 3.63) is 6.92 Å². The maximum atomic E-state index is 10.7. The van der Waals surface area contributed by atoms with E-state index in [1.165, 1.54) is 0 Å². The second-order valence-corrected chi connectivity index (χ2v) is 0.761. The summed E-state index contributed by atoms with van der Waals surface area (Å²) < 4.78 is 21.4. The van der Waals surface area contributed by atoms with Gasteiger partial charge in [-0.3, -0.25) is 5.73 Å². The van der Waals surface area contributed by atoms with Crippen molar-refractivity contribution in [2.45, 2.75) is 6.05 Å². The largest absolute Gasteiger partial charge is 0.300 e. The summed E-state index contributed by atoms with van der Waals surface area (Å²) in [6.45, 7) is 2.22. The molecule has 1 nitrogen and oxygen atoms in total. The number of hydrogen-bond donors (Lipinski definition) is 1. The number of halogens is 2. The molecule has 0 aliphatic heterocycles. The van der Waals surface area contributed by atoms with Crippen LogP contribution >= 0.6 is 0 Å². The van der Waals surface area contributed by atoms with Crippen molar-refractivity contribution in [1.29, 1.82) is 0 Å². The van der Waals surface area contributed by atoms with Gasteiger partial charge in [-0.15, -0.1) is 0 Å². The highest BCUT2D eigenvalue weighted by Crippen LogP contribution is 1.96. The molecule has 0 fully saturated rings. The van der Waals surface area contributed by atoms with Gasteiger partial charge in [0.25, 0.3) is 6.05 Å². The van der Waals surface area contributed by atoms with Gasteiger partial charge in [0.05, 0.1) is 0 Å². The molecule has 0 aliphatic rings. The zero-order chi connectivity index (χ0) is 4.50. The third-order valence-electron chi connectivity index (χ3n) is 0. The number of hydrogen-bond acceptors (Lipinski definition) is 1. The summed E-state index contributed by atoms with van der Waals surface area (Å²) in [5, 5.41) is 0. The average Bonchev–Trinajstić information content (AvgIpc) is 0.722. The highest BCUT2D eigenvalue weighted by molar-refractivity contribution is 4.53. The maximum absolute atomic E-state index is 10.7. The molecule has 0 spiro atoms. The van der Waals surface area contributed by atoms with Crippen LogP contribution < -0.4 is 5.73 Å². The molecule has 5 heavy (non-hydrogen) atoms. The predicted molar refractivity (Wildman–Crippen MR) is 14.5 cm³/mol. The topological polar surface area (TPSA) is 26.0 Å². The Kier molecular flexibility index (Phi) is 0.865. The molecule has 2 N–H and O–H groups in total. The third kappa shape index (κ3) is 391. The number of rotatable bonds is 0. The molecule has 0 aromatic heterocycles. The van der Waals surface area contributed by atoms with E-state index in [9.17, 15) is 8.78 Å². The average molecular weight is 80.1 g/mol. The van der Waals surface area contributed by atoms with Gasteiger partial charge in [-0.05, 0) is 0 Å². The molecule has 0 heterocycles. The summed E-state index contributed by atoms with van der Waals surface area (Å²) in [6.07, 6.45) is 0. The standard InChI is InChI=1S/C2H4F2N/c1-2(3,4)5/h1,5H2. The van der Waals surface area contributed by atoms with Gasteiger partial charge < -0.3 is 0 Å². The molecule has 1 radical (unpaired) electrons. The lowest BCUT2D eigenvalue weighted by Crippen LogP contribution is -2.22. The lowest BCUT2D eigenvalue weighted by molar-refractivity contribution is 0.0598. The second kappa shape index (κ2) is 0.897. The molecule has 0 amide bonds. The van der Waals surface area contributed by atoms with Crippen LogP contribution in [0.25, 0.3) is 0 Å². The van der Waals surface area contributed by atoms with Crippen LogP contribution in [0.2, 0.25) is 0 Å². The fraction of sp³-hybridized carbons (Fsp3) is 0.500. The quantitative estimate of drug-likeness (QED) is 0.418. The molecule has 0 unspecified atom stereocenters. The Hall–Kier alpha value is -0.180. The third-order valence-corrected chi connectivity index (χ3v) is 0. The first-order valence-electron chi connectivity index (χ1n) is 1.02. The molecule has 0 saturated carbocycles. The second-order valence-electron chi connectivity index (χ2n) is 0.761. The summed E-state index contributed by atoms with van der Waals surface area (Å²) in [5.74, 6) is 0. The highest BCUT2D eigenvalue weighted by atomic mass is 19.3. The minimum Gasteiger partial charge on any atom is -0.272 e. The van der Waals surface area contributed by atoms with Crippen molar-refractivity contribution >= 4 is 0 Å². The van der Waals surface area contributed by atoms with Crippen molar-refractivity contribution in [3.8, 4) is 0 Å². The fourth-order valence-corrected chi connectivity index (χ4v) is 0. The monoisotopic (exact) mass is 80.0 g/mol. The minimum absolute atomic E-state index is 2.22. The Balaban J connectivity index is 3.02. The molecule has 3 heteroatoms. The molecule has 0 rings (SSSR count). The van der Waals surface area contributed by atoms with Crippen LogP contribution in [-0.2, 0) is 0 Å². The Morgan fingerprint density at radius 3 is 1.60 bits per heavy atom. The van der Waals surface area contributed by atoms with Gasteiger partial charge in [0, 0.05) is 6.92 Å². The van der Waals surface area contributed by atoms with Gasteiger partial charge in [-0.25, -0.2) is 0 Å². The first kappa shape index (κ1) is 4.82. The van der Waals surface area contributed by atoms with Crippen molar-refractivity contribution < 1.29 is 8.78 Å². The number of nitrogens with two attached hydrogens (primary N) is 1. The summed E-state index contributed by atoms with van der Waals surface area (Å²) in [7, 11) is 0. The Morgan fingerprint density at radius 1 is 1.60 bits per heavy atom. The molecule has 0 aromatic rings. The van der Waals surface area contributed by atoms with Gasteiger partial charge in [0.15, 0.2) is 0 Å². The van der Waals surface area contributed by atoms with E-state index in [1.807, 2.05) is 0 Å². The fourth-order valence-electron chi connectivity index (χ4n) is 0. The van der Waals surface area contributed by atoms with Crippen LogP contribution in [0.1, 0.15) is 0 Å². The summed E-state index contributed by atoms with van der Waals surface area (Å²) in [6, 6.07) is -3.25. The predicted octanol–water partition coefficient (Wildman–Crippen LogP) is 0.372. The van der Waals surface area contributed by atoms with Crippen LogP contribution in [0.3, 0.4) is 0 Å². The molecular formula is C2H4F2N. The first-order valence-corrected chi connectivity index (χ1v) is 1.02. The molecule has 0 atom stereocenters. The van der Waals surface area contributed by atoms with Crippen molar-refractivity contribution in [2.24, 2.45) is 5.73 Å². The highest BCUT2D eigenvalue weighted by Gasteiger charge is 2.09. The van der Waals surface area contributed by atoms with Crippen molar-refractivity contribution in [1.82, 2.24) is 0 Å². The van der Waals surface area contributed by atoms with Crippen molar-refractivity contribution in [2.75, 3.05) is 0 Å².